The Balaban J connectivity index is 1.75. The van der Waals surface area contributed by atoms with E-state index in [0.717, 1.165) is 29.7 Å². The monoisotopic (exact) mass is 284 g/mol. The Morgan fingerprint density at radius 3 is 2.62 bits per heavy atom. The number of nitrogens with zero attached hydrogens (tertiary/aromatic N) is 1. The van der Waals surface area contributed by atoms with Crippen molar-refractivity contribution in [2.75, 3.05) is 0 Å². The third kappa shape index (κ3) is 3.16. The van der Waals surface area contributed by atoms with Crippen molar-refractivity contribution in [3.8, 4) is 0 Å². The lowest BCUT2D eigenvalue weighted by Gasteiger charge is -2.25. The van der Waals surface area contributed by atoms with Gasteiger partial charge in [0.15, 0.2) is 0 Å². The van der Waals surface area contributed by atoms with Gasteiger partial charge in [-0.25, -0.2) is 0 Å². The van der Waals surface area contributed by atoms with Gasteiger partial charge in [0.1, 0.15) is 11.8 Å². The number of furan rings is 1. The molecule has 1 atom stereocenters. The minimum Gasteiger partial charge on any atom is -0.467 e. The minimum absolute atomic E-state index is 0.0299. The second kappa shape index (κ2) is 5.74. The van der Waals surface area contributed by atoms with Crippen LogP contribution in [0.3, 0.4) is 0 Å². The van der Waals surface area contributed by atoms with Gasteiger partial charge in [-0.15, -0.1) is 0 Å². The molecule has 1 aromatic carbocycles. The zero-order valence-corrected chi connectivity index (χ0v) is 12.2. The van der Waals surface area contributed by atoms with Gasteiger partial charge in [-0.3, -0.25) is 4.79 Å². The molecule has 0 aliphatic heterocycles. The average molecular weight is 284 g/mol. The largest absolute Gasteiger partial charge is 0.467 e. The van der Waals surface area contributed by atoms with E-state index in [9.17, 15) is 4.79 Å². The first-order chi connectivity index (χ1) is 10.1. The van der Waals surface area contributed by atoms with Crippen LogP contribution >= 0.6 is 0 Å². The minimum atomic E-state index is -0.610. The highest BCUT2D eigenvalue weighted by Crippen LogP contribution is 2.30. The molecule has 1 unspecified atom stereocenters. The zero-order chi connectivity index (χ0) is 14.8. The summed E-state index contributed by atoms with van der Waals surface area (Å²) < 4.78 is 5.36. The van der Waals surface area contributed by atoms with E-state index >= 15 is 0 Å². The van der Waals surface area contributed by atoms with Gasteiger partial charge in [-0.05, 0) is 37.5 Å². The number of aryl methyl sites for hydroxylation is 1. The van der Waals surface area contributed by atoms with Crippen molar-refractivity contribution in [2.45, 2.75) is 38.4 Å². The lowest BCUT2D eigenvalue weighted by atomic mass is 10.0. The molecule has 1 aromatic heterocycles. The molecule has 4 heteroatoms. The molecule has 2 N–H and O–H groups in total. The van der Waals surface area contributed by atoms with Crippen LogP contribution in [-0.2, 0) is 11.3 Å². The van der Waals surface area contributed by atoms with Crippen LogP contribution in [-0.4, -0.2) is 16.8 Å². The Labute approximate surface area is 124 Å². The van der Waals surface area contributed by atoms with Gasteiger partial charge < -0.3 is 15.1 Å². The molecule has 0 saturated heterocycles. The third-order valence-electron chi connectivity index (χ3n) is 3.88. The second-order valence-electron chi connectivity index (χ2n) is 5.67. The van der Waals surface area contributed by atoms with Crippen molar-refractivity contribution >= 4 is 5.91 Å². The number of nitrogens with two attached hydrogens (primary N) is 1. The van der Waals surface area contributed by atoms with Crippen LogP contribution in [0.2, 0.25) is 0 Å². The molecule has 1 fully saturated rings. The second-order valence-corrected chi connectivity index (χ2v) is 5.67. The van der Waals surface area contributed by atoms with Crippen LogP contribution in [0.25, 0.3) is 0 Å². The third-order valence-corrected chi connectivity index (χ3v) is 3.88. The van der Waals surface area contributed by atoms with E-state index in [0.29, 0.717) is 12.6 Å². The molecule has 3 rings (SSSR count). The smallest absolute Gasteiger partial charge is 0.244 e. The van der Waals surface area contributed by atoms with Crippen molar-refractivity contribution in [1.82, 2.24) is 4.90 Å². The van der Waals surface area contributed by atoms with Gasteiger partial charge in [-0.1, -0.05) is 29.8 Å². The summed E-state index contributed by atoms with van der Waals surface area (Å²) in [5.41, 5.74) is 8.18. The molecule has 0 radical (unpaired) electrons. The first-order valence-electron chi connectivity index (χ1n) is 7.30. The fourth-order valence-electron chi connectivity index (χ4n) is 2.44. The fraction of sp³-hybridized carbons (Fsp3) is 0.353. The van der Waals surface area contributed by atoms with E-state index < -0.39 is 6.04 Å². The number of hydrogen-bond donors (Lipinski definition) is 1. The van der Waals surface area contributed by atoms with Crippen LogP contribution in [0, 0.1) is 6.92 Å². The van der Waals surface area contributed by atoms with Crippen molar-refractivity contribution in [3.05, 3.63) is 59.5 Å². The maximum atomic E-state index is 12.7. The maximum Gasteiger partial charge on any atom is 0.244 e. The molecule has 1 saturated carbocycles. The summed E-state index contributed by atoms with van der Waals surface area (Å²) in [6.45, 7) is 2.51. The first-order valence-corrected chi connectivity index (χ1v) is 7.30. The van der Waals surface area contributed by atoms with Gasteiger partial charge in [-0.2, -0.15) is 0 Å². The molecule has 1 aliphatic rings. The van der Waals surface area contributed by atoms with Gasteiger partial charge in [0, 0.05) is 6.04 Å². The fourth-order valence-corrected chi connectivity index (χ4v) is 2.44. The van der Waals surface area contributed by atoms with Crippen LogP contribution in [0.5, 0.6) is 0 Å². The standard InChI is InChI=1S/C17H20N2O2/c1-12-4-6-13(7-5-12)16(18)17(20)19(14-8-9-14)11-15-3-2-10-21-15/h2-7,10,14,16H,8-9,11,18H2,1H3. The summed E-state index contributed by atoms with van der Waals surface area (Å²) in [6.07, 6.45) is 3.73. The van der Waals surface area contributed by atoms with Crippen molar-refractivity contribution in [2.24, 2.45) is 5.73 Å². The van der Waals surface area contributed by atoms with E-state index in [1.807, 2.05) is 48.2 Å². The Bertz CT molecular complexity index is 600. The zero-order valence-electron chi connectivity index (χ0n) is 12.2. The van der Waals surface area contributed by atoms with E-state index in [1.165, 1.54) is 0 Å². The van der Waals surface area contributed by atoms with Gasteiger partial charge in [0.05, 0.1) is 12.8 Å². The normalized spacial score (nSPS) is 15.7. The van der Waals surface area contributed by atoms with Crippen LogP contribution in [0.1, 0.15) is 35.8 Å². The average Bonchev–Trinajstić information content (AvgIpc) is 3.20. The van der Waals surface area contributed by atoms with Crippen molar-refractivity contribution < 1.29 is 9.21 Å². The highest BCUT2D eigenvalue weighted by molar-refractivity contribution is 5.83. The number of carbonyl (C=O) groups excluding carboxylic acids is 1. The van der Waals surface area contributed by atoms with Gasteiger partial charge in [0.25, 0.3) is 0 Å². The molecule has 1 aliphatic carbocycles. The lowest BCUT2D eigenvalue weighted by Crippen LogP contribution is -2.39. The van der Waals surface area contributed by atoms with Crippen LogP contribution < -0.4 is 5.73 Å². The molecule has 110 valence electrons. The van der Waals surface area contributed by atoms with Gasteiger partial charge >= 0.3 is 0 Å². The van der Waals surface area contributed by atoms with E-state index in [4.69, 9.17) is 10.2 Å². The molecular formula is C17H20N2O2. The molecule has 0 bridgehead atoms. The first kappa shape index (κ1) is 13.9. The number of benzene rings is 1. The summed E-state index contributed by atoms with van der Waals surface area (Å²) in [7, 11) is 0. The SMILES string of the molecule is Cc1ccc(C(N)C(=O)N(Cc2ccco2)C2CC2)cc1. The Morgan fingerprint density at radius 1 is 1.33 bits per heavy atom. The lowest BCUT2D eigenvalue weighted by molar-refractivity contribution is -0.134. The summed E-state index contributed by atoms with van der Waals surface area (Å²) in [5.74, 6) is 0.768. The Kier molecular flexibility index (Phi) is 3.80. The molecule has 0 spiro atoms. The predicted molar refractivity (Wildman–Crippen MR) is 80.4 cm³/mol. The number of hydrogen-bond acceptors (Lipinski definition) is 3. The molecule has 1 heterocycles. The number of rotatable bonds is 5. The van der Waals surface area contributed by atoms with Crippen molar-refractivity contribution in [3.63, 3.8) is 0 Å². The molecule has 4 nitrogen and oxygen atoms in total. The molecule has 21 heavy (non-hydrogen) atoms. The van der Waals surface area contributed by atoms with E-state index in [1.54, 1.807) is 6.26 Å². The summed E-state index contributed by atoms with van der Waals surface area (Å²) in [6, 6.07) is 11.2. The summed E-state index contributed by atoms with van der Waals surface area (Å²) in [5, 5.41) is 0. The van der Waals surface area contributed by atoms with Crippen molar-refractivity contribution in [1.29, 1.82) is 0 Å². The highest BCUT2D eigenvalue weighted by atomic mass is 16.3. The molecular weight excluding hydrogens is 264 g/mol. The summed E-state index contributed by atoms with van der Waals surface area (Å²) >= 11 is 0. The summed E-state index contributed by atoms with van der Waals surface area (Å²) in [4.78, 5) is 14.5. The number of carbonyl (C=O) groups is 1. The quantitative estimate of drug-likeness (QED) is 0.918. The van der Waals surface area contributed by atoms with E-state index in [2.05, 4.69) is 0 Å². The van der Waals surface area contributed by atoms with Gasteiger partial charge in [0.2, 0.25) is 5.91 Å². The molecule has 2 aromatic rings. The van der Waals surface area contributed by atoms with Crippen LogP contribution in [0.4, 0.5) is 0 Å². The predicted octanol–water partition coefficient (Wildman–Crippen LogP) is 2.78. The Morgan fingerprint density at radius 2 is 2.05 bits per heavy atom. The highest BCUT2D eigenvalue weighted by Gasteiger charge is 2.35. The molecule has 1 amide bonds. The Hall–Kier alpha value is -2.07. The maximum absolute atomic E-state index is 12.7. The van der Waals surface area contributed by atoms with Crippen LogP contribution in [0.15, 0.2) is 47.1 Å². The van der Waals surface area contributed by atoms with E-state index in [-0.39, 0.29) is 5.91 Å². The number of amides is 1. The topological polar surface area (TPSA) is 59.5 Å².